The van der Waals surface area contributed by atoms with Crippen LogP contribution in [0, 0.1) is 17.9 Å². The summed E-state index contributed by atoms with van der Waals surface area (Å²) in [5.41, 5.74) is 23.9. The van der Waals surface area contributed by atoms with Crippen LogP contribution in [0.4, 0.5) is 17.1 Å². The average Bonchev–Trinajstić information content (AvgIpc) is 3.24. The van der Waals surface area contributed by atoms with Gasteiger partial charge in [0.15, 0.2) is 0 Å². The molecule has 0 aromatic heterocycles. The second-order valence-electron chi connectivity index (χ2n) is 15.5. The molecular formula is C51H55N6O+. The molecule has 0 heterocycles. The highest BCUT2D eigenvalue weighted by Crippen LogP contribution is 2.57. The molecule has 5 aromatic rings. The highest BCUT2D eigenvalue weighted by Gasteiger charge is 2.43. The van der Waals surface area contributed by atoms with Crippen molar-refractivity contribution in [3.8, 4) is 6.07 Å². The third kappa shape index (κ3) is 6.79. The summed E-state index contributed by atoms with van der Waals surface area (Å²) in [4.78, 5) is 6.33. The van der Waals surface area contributed by atoms with Crippen molar-refractivity contribution in [1.82, 2.24) is 0 Å². The molecule has 0 saturated carbocycles. The van der Waals surface area contributed by atoms with Gasteiger partial charge in [-0.05, 0) is 48.1 Å². The molecule has 0 fully saturated rings. The second kappa shape index (κ2) is 17.5. The van der Waals surface area contributed by atoms with Gasteiger partial charge < -0.3 is 21.5 Å². The molecular weight excluding hydrogens is 713 g/mol. The lowest BCUT2D eigenvalue weighted by Crippen LogP contribution is -2.31. The number of nitrogens with zero attached hydrogens (tertiary/aromatic N) is 4. The molecule has 2 aliphatic rings. The average molecular weight is 768 g/mol. The first kappa shape index (κ1) is 39.9. The Labute approximate surface area is 343 Å². The summed E-state index contributed by atoms with van der Waals surface area (Å²) < 4.78 is 2.50. The molecule has 2 aliphatic carbocycles. The Morgan fingerprint density at radius 2 is 1.24 bits per heavy atom. The maximum atomic E-state index is 12.8. The fraction of sp³-hybridized carbons (Fsp3) is 0.314. The molecule has 5 aromatic carbocycles. The van der Waals surface area contributed by atoms with E-state index in [-0.39, 0.29) is 11.5 Å². The summed E-state index contributed by atoms with van der Waals surface area (Å²) in [7, 11) is 0. The molecule has 294 valence electrons. The number of fused-ring (bicyclic) bond motifs is 4. The van der Waals surface area contributed by atoms with Gasteiger partial charge in [-0.1, -0.05) is 114 Å². The first-order valence-electron chi connectivity index (χ1n) is 21.2. The van der Waals surface area contributed by atoms with Crippen molar-refractivity contribution in [2.45, 2.75) is 79.1 Å². The number of nitrogen functional groups attached to an aromatic ring is 2. The van der Waals surface area contributed by atoms with Gasteiger partial charge in [0.25, 0.3) is 5.70 Å². The lowest BCUT2D eigenvalue weighted by Gasteiger charge is -2.36. The third-order valence-electron chi connectivity index (χ3n) is 11.8. The highest BCUT2D eigenvalue weighted by molar-refractivity contribution is 6.27. The second-order valence-corrected chi connectivity index (χ2v) is 15.5. The van der Waals surface area contributed by atoms with Gasteiger partial charge in [0.2, 0.25) is 5.71 Å². The smallest absolute Gasteiger partial charge is 0.270 e. The van der Waals surface area contributed by atoms with Crippen LogP contribution in [-0.4, -0.2) is 41.6 Å². The van der Waals surface area contributed by atoms with Crippen LogP contribution in [-0.2, 0) is 0 Å². The van der Waals surface area contributed by atoms with Crippen LogP contribution in [0.25, 0.3) is 37.5 Å². The number of aliphatic hydroxyl groups is 1. The van der Waals surface area contributed by atoms with Crippen LogP contribution in [0.15, 0.2) is 108 Å². The van der Waals surface area contributed by atoms with Gasteiger partial charge >= 0.3 is 0 Å². The van der Waals surface area contributed by atoms with E-state index in [1.54, 1.807) is 0 Å². The number of allylic oxidation sites excluding steroid dienone is 3. The summed E-state index contributed by atoms with van der Waals surface area (Å²) in [5, 5.41) is 27.3. The maximum Gasteiger partial charge on any atom is 0.270 e. The van der Waals surface area contributed by atoms with Crippen molar-refractivity contribution in [2.75, 3.05) is 42.5 Å². The van der Waals surface area contributed by atoms with E-state index < -0.39 is 0 Å². The zero-order valence-corrected chi connectivity index (χ0v) is 34.5. The topological polar surface area (TPSA) is 107 Å². The first-order valence-corrected chi connectivity index (χ1v) is 21.2. The molecule has 0 aliphatic heterocycles. The number of hydrogen-bond acceptors (Lipinski definition) is 5. The third-order valence-corrected chi connectivity index (χ3v) is 11.8. The largest absolute Gasteiger partial charge is 0.507 e. The molecule has 5 N–H and O–H groups in total. The van der Waals surface area contributed by atoms with Gasteiger partial charge in [0.1, 0.15) is 18.8 Å². The predicted molar refractivity (Wildman–Crippen MR) is 243 cm³/mol. The van der Waals surface area contributed by atoms with Crippen molar-refractivity contribution in [3.63, 3.8) is 0 Å². The quantitative estimate of drug-likeness (QED) is 0.0336. The lowest BCUT2D eigenvalue weighted by atomic mass is 9.69. The molecule has 7 nitrogen and oxygen atoms in total. The van der Waals surface area contributed by atoms with Crippen LogP contribution < -0.4 is 16.4 Å². The van der Waals surface area contributed by atoms with Crippen molar-refractivity contribution in [2.24, 2.45) is 0 Å². The number of aliphatic hydroxyl groups excluding tert-OH is 1. The lowest BCUT2D eigenvalue weighted by molar-refractivity contribution is -0.528. The Morgan fingerprint density at radius 3 is 1.88 bits per heavy atom. The number of nitrogens with two attached hydrogens (primary N) is 2. The number of rotatable bonds is 14. The van der Waals surface area contributed by atoms with Gasteiger partial charge in [-0.3, -0.25) is 0 Å². The van der Waals surface area contributed by atoms with Crippen molar-refractivity contribution < 1.29 is 9.68 Å². The van der Waals surface area contributed by atoms with Crippen molar-refractivity contribution in [1.29, 1.82) is 5.26 Å². The van der Waals surface area contributed by atoms with Crippen LogP contribution in [0.1, 0.15) is 107 Å². The Kier molecular flexibility index (Phi) is 12.0. The van der Waals surface area contributed by atoms with E-state index in [9.17, 15) is 10.4 Å². The summed E-state index contributed by atoms with van der Waals surface area (Å²) in [6.45, 7) is 20.8. The van der Waals surface area contributed by atoms with Gasteiger partial charge in [0, 0.05) is 86.9 Å². The van der Waals surface area contributed by atoms with Gasteiger partial charge in [0.05, 0.1) is 29.5 Å². The first-order chi connectivity index (χ1) is 28.4. The van der Waals surface area contributed by atoms with Crippen LogP contribution in [0.2, 0.25) is 0 Å². The number of hydrogen-bond donors (Lipinski definition) is 3. The molecule has 7 rings (SSSR count). The molecule has 0 saturated heterocycles. The van der Waals surface area contributed by atoms with E-state index in [4.69, 9.17) is 18.0 Å². The van der Waals surface area contributed by atoms with E-state index in [0.717, 1.165) is 144 Å². The molecule has 0 atom stereocenters. The van der Waals surface area contributed by atoms with E-state index >= 15 is 0 Å². The van der Waals surface area contributed by atoms with E-state index in [1.165, 1.54) is 0 Å². The van der Waals surface area contributed by atoms with E-state index in [1.807, 2.05) is 36.4 Å². The monoisotopic (exact) mass is 767 g/mol. The minimum absolute atomic E-state index is 0.0268. The molecule has 0 unspecified atom stereocenters. The molecule has 0 bridgehead atoms. The molecule has 0 amide bonds. The molecule has 7 heteroatoms. The normalized spacial score (nSPS) is 15.4. The summed E-state index contributed by atoms with van der Waals surface area (Å²) >= 11 is 0. The van der Waals surface area contributed by atoms with Crippen LogP contribution >= 0.6 is 0 Å². The standard InChI is InChI=1S/C51H54N6O/c1-6-10-28-56(29-11-7-2)49-35-22-16-14-20-33(35)44(42-37(49)24-18-26-39(42)53)47-46(41(32-52)55-5)48(51(47)58)45-34-21-15-17-23-36(34)50(38-25-19-27-40(54)43(38)45)57(30-12-8-3)31-13-9-4/h14-27H,6-13,28-31,53-54H2,1-4H3/p+1. The Bertz CT molecular complexity index is 2590. The summed E-state index contributed by atoms with van der Waals surface area (Å²) in [5.74, 6) is 0.0268. The Balaban J connectivity index is 1.62. The van der Waals surface area contributed by atoms with Crippen LogP contribution in [0.3, 0.4) is 0 Å². The predicted octanol–water partition coefficient (Wildman–Crippen LogP) is 11.8. The maximum absolute atomic E-state index is 12.8. The molecule has 0 spiro atoms. The number of anilines is 3. The van der Waals surface area contributed by atoms with Crippen LogP contribution in [0.5, 0.6) is 0 Å². The van der Waals surface area contributed by atoms with Gasteiger partial charge in [-0.25, -0.2) is 14.7 Å². The Morgan fingerprint density at radius 1 is 0.672 bits per heavy atom. The minimum Gasteiger partial charge on any atom is -0.507 e. The van der Waals surface area contributed by atoms with E-state index in [0.29, 0.717) is 28.1 Å². The number of benzene rings is 5. The highest BCUT2D eigenvalue weighted by atomic mass is 16.3. The van der Waals surface area contributed by atoms with Crippen molar-refractivity contribution >= 4 is 55.5 Å². The molecule has 58 heavy (non-hydrogen) atoms. The van der Waals surface area contributed by atoms with Crippen molar-refractivity contribution in [3.05, 3.63) is 147 Å². The van der Waals surface area contributed by atoms with Gasteiger partial charge in [-0.15, -0.1) is 0 Å². The molecule has 0 radical (unpaired) electrons. The summed E-state index contributed by atoms with van der Waals surface area (Å²) in [6.07, 6.45) is 8.50. The SMILES string of the molecule is [C-]#[N+]C(C#N)=C1C(c2c3ccccc3c(N(CCCC)CCCC)c3cccc(N)c23)=C(O)/C1=C1\c2ccccc2C(=[N+](CCCC)CCCC)c2cccc(N)c21. The Hall–Kier alpha value is -6.31. The minimum atomic E-state index is -0.0885. The number of unbranched alkanes of at least 4 members (excludes halogenated alkanes) is 4. The zero-order chi connectivity index (χ0) is 40.9. The van der Waals surface area contributed by atoms with E-state index in [2.05, 4.69) is 96.6 Å². The zero-order valence-electron chi connectivity index (χ0n) is 34.5. The number of nitriles is 1. The fourth-order valence-corrected chi connectivity index (χ4v) is 9.02. The summed E-state index contributed by atoms with van der Waals surface area (Å²) in [6, 6.07) is 30.9. The van der Waals surface area contributed by atoms with Gasteiger partial charge in [-0.2, -0.15) is 0 Å². The fourth-order valence-electron chi connectivity index (χ4n) is 9.02.